The molecule has 60 valence electrons. The maximum atomic E-state index is 8.69. The van der Waals surface area contributed by atoms with Gasteiger partial charge in [0.1, 0.15) is 0 Å². The Morgan fingerprint density at radius 3 is 3.36 bits per heavy atom. The number of aliphatic hydroxyl groups excluding tert-OH is 1. The van der Waals surface area contributed by atoms with Crippen molar-refractivity contribution in [2.75, 3.05) is 6.61 Å². The van der Waals surface area contributed by atoms with Crippen molar-refractivity contribution < 1.29 is 5.11 Å². The second-order valence-electron chi connectivity index (χ2n) is 2.67. The van der Waals surface area contributed by atoms with Crippen molar-refractivity contribution in [2.45, 2.75) is 19.6 Å². The molecule has 0 saturated heterocycles. The Morgan fingerprint density at radius 2 is 2.55 bits per heavy atom. The van der Waals surface area contributed by atoms with Crippen LogP contribution in [-0.4, -0.2) is 21.5 Å². The smallest absolute Gasteiger partial charge is 0.0644 e. The molecule has 2 rings (SSSR count). The number of aromatic nitrogens is 2. The highest BCUT2D eigenvalue weighted by molar-refractivity contribution is 5.21. The van der Waals surface area contributed by atoms with Gasteiger partial charge in [0.25, 0.3) is 0 Å². The first-order valence-electron chi connectivity index (χ1n) is 3.77. The molecule has 1 aliphatic heterocycles. The molecule has 2 N–H and O–H groups in total. The lowest BCUT2D eigenvalue weighted by Crippen LogP contribution is -2.10. The third-order valence-corrected chi connectivity index (χ3v) is 1.95. The summed E-state index contributed by atoms with van der Waals surface area (Å²) in [4.78, 5) is 0. The first-order valence-corrected chi connectivity index (χ1v) is 3.77. The largest absolute Gasteiger partial charge is 0.394 e. The zero-order valence-corrected chi connectivity index (χ0v) is 6.25. The van der Waals surface area contributed by atoms with E-state index in [2.05, 4.69) is 10.4 Å². The van der Waals surface area contributed by atoms with E-state index in [1.165, 1.54) is 11.3 Å². The van der Waals surface area contributed by atoms with Crippen LogP contribution in [-0.2, 0) is 19.6 Å². The van der Waals surface area contributed by atoms with E-state index in [4.69, 9.17) is 5.11 Å². The molecule has 0 aliphatic carbocycles. The highest BCUT2D eigenvalue weighted by Gasteiger charge is 2.14. The number of hydrogen-bond donors (Lipinski definition) is 2. The molecule has 0 saturated carbocycles. The third-order valence-electron chi connectivity index (χ3n) is 1.95. The fraction of sp³-hybridized carbons (Fsp3) is 0.571. The lowest BCUT2D eigenvalue weighted by molar-refractivity contribution is 0.267. The zero-order valence-electron chi connectivity index (χ0n) is 6.25. The number of rotatable bonds is 2. The van der Waals surface area contributed by atoms with Gasteiger partial charge in [-0.05, 0) is 0 Å². The van der Waals surface area contributed by atoms with Crippen LogP contribution in [0.5, 0.6) is 0 Å². The van der Waals surface area contributed by atoms with Crippen molar-refractivity contribution >= 4 is 0 Å². The third kappa shape index (κ3) is 1.04. The average molecular weight is 153 g/mol. The molecule has 0 atom stereocenters. The van der Waals surface area contributed by atoms with Crippen molar-refractivity contribution in [3.8, 4) is 0 Å². The van der Waals surface area contributed by atoms with Gasteiger partial charge in [-0.3, -0.25) is 4.68 Å². The van der Waals surface area contributed by atoms with Crippen LogP contribution in [0, 0.1) is 0 Å². The van der Waals surface area contributed by atoms with Gasteiger partial charge >= 0.3 is 0 Å². The van der Waals surface area contributed by atoms with E-state index < -0.39 is 0 Å². The van der Waals surface area contributed by atoms with Crippen molar-refractivity contribution in [2.24, 2.45) is 0 Å². The summed E-state index contributed by atoms with van der Waals surface area (Å²) < 4.78 is 1.86. The molecule has 2 heterocycles. The van der Waals surface area contributed by atoms with E-state index in [0.717, 1.165) is 13.1 Å². The molecule has 0 fully saturated rings. The van der Waals surface area contributed by atoms with Gasteiger partial charge in [0.2, 0.25) is 0 Å². The van der Waals surface area contributed by atoms with Gasteiger partial charge in [0.15, 0.2) is 0 Å². The number of nitrogens with zero attached hydrogens (tertiary/aromatic N) is 2. The minimum absolute atomic E-state index is 0.161. The molecular formula is C7H11N3O. The highest BCUT2D eigenvalue weighted by atomic mass is 16.3. The number of aliphatic hydroxyl groups is 1. The van der Waals surface area contributed by atoms with Crippen LogP contribution in [0.1, 0.15) is 11.3 Å². The average Bonchev–Trinajstić information content (AvgIpc) is 2.53. The molecule has 0 radical (unpaired) electrons. The van der Waals surface area contributed by atoms with Crippen molar-refractivity contribution in [1.82, 2.24) is 15.1 Å². The van der Waals surface area contributed by atoms with Crippen molar-refractivity contribution in [3.63, 3.8) is 0 Å². The molecule has 4 heteroatoms. The van der Waals surface area contributed by atoms with E-state index in [-0.39, 0.29) is 6.61 Å². The summed E-state index contributed by atoms with van der Waals surface area (Å²) in [6.45, 7) is 2.57. The van der Waals surface area contributed by atoms with Gasteiger partial charge in [-0.25, -0.2) is 0 Å². The Labute approximate surface area is 64.8 Å². The van der Waals surface area contributed by atoms with Gasteiger partial charge in [-0.1, -0.05) is 0 Å². The van der Waals surface area contributed by atoms with Crippen molar-refractivity contribution in [3.05, 3.63) is 17.5 Å². The standard InChI is InChI=1S/C7H11N3O/c11-2-1-10-7-5-8-3-6(7)4-9-10/h4,8,11H,1-3,5H2. The van der Waals surface area contributed by atoms with Crippen LogP contribution >= 0.6 is 0 Å². The van der Waals surface area contributed by atoms with Crippen LogP contribution in [0.2, 0.25) is 0 Å². The number of nitrogens with one attached hydrogen (secondary N) is 1. The Balaban J connectivity index is 2.27. The molecule has 1 aromatic rings. The first kappa shape index (κ1) is 6.82. The monoisotopic (exact) mass is 153 g/mol. The van der Waals surface area contributed by atoms with Crippen LogP contribution in [0.15, 0.2) is 6.20 Å². The van der Waals surface area contributed by atoms with E-state index in [9.17, 15) is 0 Å². The summed E-state index contributed by atoms with van der Waals surface area (Å²) in [6, 6.07) is 0. The van der Waals surface area contributed by atoms with E-state index >= 15 is 0 Å². The topological polar surface area (TPSA) is 50.1 Å². The SMILES string of the molecule is OCCn1ncc2c1CNC2. The predicted octanol–water partition coefficient (Wildman–Crippen LogP) is -0.521. The highest BCUT2D eigenvalue weighted by Crippen LogP contribution is 2.13. The van der Waals surface area contributed by atoms with Crippen LogP contribution < -0.4 is 5.32 Å². The summed E-state index contributed by atoms with van der Waals surface area (Å²) in [5, 5.41) is 16.1. The van der Waals surface area contributed by atoms with E-state index in [1.54, 1.807) is 0 Å². The Kier molecular flexibility index (Phi) is 1.63. The summed E-state index contributed by atoms with van der Waals surface area (Å²) in [6.07, 6.45) is 1.87. The molecule has 0 spiro atoms. The van der Waals surface area contributed by atoms with Gasteiger partial charge in [0.05, 0.1) is 25.0 Å². The Bertz CT molecular complexity index is 256. The Hall–Kier alpha value is -0.870. The quantitative estimate of drug-likeness (QED) is 0.601. The molecule has 11 heavy (non-hydrogen) atoms. The van der Waals surface area contributed by atoms with Crippen LogP contribution in [0.3, 0.4) is 0 Å². The molecule has 0 amide bonds. The molecule has 1 aromatic heterocycles. The van der Waals surface area contributed by atoms with Crippen LogP contribution in [0.25, 0.3) is 0 Å². The van der Waals surface area contributed by atoms with E-state index in [0.29, 0.717) is 6.54 Å². The maximum Gasteiger partial charge on any atom is 0.0644 e. The van der Waals surface area contributed by atoms with Crippen molar-refractivity contribution in [1.29, 1.82) is 0 Å². The lowest BCUT2D eigenvalue weighted by Gasteiger charge is -2.00. The van der Waals surface area contributed by atoms with Crippen LogP contribution in [0.4, 0.5) is 0 Å². The predicted molar refractivity (Wildman–Crippen MR) is 39.9 cm³/mol. The second-order valence-corrected chi connectivity index (χ2v) is 2.67. The van der Waals surface area contributed by atoms with Gasteiger partial charge in [0, 0.05) is 18.7 Å². The number of fused-ring (bicyclic) bond motifs is 1. The summed E-state index contributed by atoms with van der Waals surface area (Å²) in [5.74, 6) is 0. The van der Waals surface area contributed by atoms with Gasteiger partial charge in [-0.15, -0.1) is 0 Å². The molecule has 0 unspecified atom stereocenters. The molecule has 0 aromatic carbocycles. The lowest BCUT2D eigenvalue weighted by atomic mass is 10.3. The summed E-state index contributed by atoms with van der Waals surface area (Å²) >= 11 is 0. The normalized spacial score (nSPS) is 15.4. The zero-order chi connectivity index (χ0) is 7.68. The maximum absolute atomic E-state index is 8.69. The molecule has 4 nitrogen and oxygen atoms in total. The Morgan fingerprint density at radius 1 is 1.64 bits per heavy atom. The minimum Gasteiger partial charge on any atom is -0.394 e. The fourth-order valence-corrected chi connectivity index (χ4v) is 1.40. The summed E-state index contributed by atoms with van der Waals surface area (Å²) in [5.41, 5.74) is 2.48. The fourth-order valence-electron chi connectivity index (χ4n) is 1.40. The second kappa shape index (κ2) is 2.64. The summed E-state index contributed by atoms with van der Waals surface area (Å²) in [7, 11) is 0. The minimum atomic E-state index is 0.161. The van der Waals surface area contributed by atoms with E-state index in [1.807, 2.05) is 10.9 Å². The molecular weight excluding hydrogens is 142 g/mol. The molecule has 1 aliphatic rings. The number of hydrogen-bond acceptors (Lipinski definition) is 3. The van der Waals surface area contributed by atoms with Gasteiger partial charge in [-0.2, -0.15) is 5.10 Å². The first-order chi connectivity index (χ1) is 5.42. The van der Waals surface area contributed by atoms with Gasteiger partial charge < -0.3 is 10.4 Å². The molecule has 0 bridgehead atoms.